The molecule has 3 N–H and O–H groups in total. The summed E-state index contributed by atoms with van der Waals surface area (Å²) in [5, 5.41) is 0. The molecule has 1 amide bonds. The number of hydrazine groups is 1. The number of nitrogens with one attached hydrogen (secondary N) is 1. The Morgan fingerprint density at radius 2 is 2.46 bits per heavy atom. The highest BCUT2D eigenvalue weighted by atomic mass is 32.2. The molecule has 0 aliphatic carbocycles. The number of hydrogen-bond acceptors (Lipinski definition) is 4. The van der Waals surface area contributed by atoms with E-state index in [0.717, 1.165) is 5.75 Å². The van der Waals surface area contributed by atoms with Gasteiger partial charge in [-0.3, -0.25) is 10.2 Å². The fraction of sp³-hybridized carbons (Fsp3) is 0.375. The molecule has 0 radical (unpaired) electrons. The van der Waals surface area contributed by atoms with Crippen molar-refractivity contribution in [1.82, 2.24) is 5.43 Å². The first kappa shape index (κ1) is 10.6. The first-order valence-corrected chi connectivity index (χ1v) is 5.99. The molecule has 1 aromatic heterocycles. The second kappa shape index (κ2) is 4.64. The van der Waals surface area contributed by atoms with Gasteiger partial charge in [0, 0.05) is 10.6 Å². The van der Waals surface area contributed by atoms with Crippen LogP contribution >= 0.6 is 23.1 Å². The molecule has 0 fully saturated rings. The van der Waals surface area contributed by atoms with Crippen molar-refractivity contribution in [2.45, 2.75) is 12.7 Å². The Balaban J connectivity index is 2.88. The van der Waals surface area contributed by atoms with Gasteiger partial charge in [0.15, 0.2) is 0 Å². The van der Waals surface area contributed by atoms with E-state index in [1.54, 1.807) is 11.8 Å². The SMILES string of the molecule is CSCc1cc(C(=O)NN)sc1C. The summed E-state index contributed by atoms with van der Waals surface area (Å²) < 4.78 is 0. The lowest BCUT2D eigenvalue weighted by molar-refractivity contribution is 0.0957. The molecule has 13 heavy (non-hydrogen) atoms. The summed E-state index contributed by atoms with van der Waals surface area (Å²) in [6, 6.07) is 1.90. The average Bonchev–Trinajstić information content (AvgIpc) is 2.47. The van der Waals surface area contributed by atoms with Crippen molar-refractivity contribution in [1.29, 1.82) is 0 Å². The molecular weight excluding hydrogens is 204 g/mol. The van der Waals surface area contributed by atoms with E-state index in [0.29, 0.717) is 4.88 Å². The molecule has 0 spiro atoms. The van der Waals surface area contributed by atoms with Crippen molar-refractivity contribution in [3.05, 3.63) is 21.4 Å². The zero-order valence-electron chi connectivity index (χ0n) is 7.59. The van der Waals surface area contributed by atoms with Gasteiger partial charge in [-0.15, -0.1) is 11.3 Å². The van der Waals surface area contributed by atoms with Gasteiger partial charge in [-0.2, -0.15) is 11.8 Å². The minimum Gasteiger partial charge on any atom is -0.289 e. The van der Waals surface area contributed by atoms with E-state index >= 15 is 0 Å². The minimum atomic E-state index is -0.208. The lowest BCUT2D eigenvalue weighted by atomic mass is 10.3. The highest BCUT2D eigenvalue weighted by molar-refractivity contribution is 7.97. The summed E-state index contributed by atoms with van der Waals surface area (Å²) in [6.07, 6.45) is 2.04. The Morgan fingerprint density at radius 1 is 1.77 bits per heavy atom. The molecule has 0 aromatic carbocycles. The van der Waals surface area contributed by atoms with E-state index in [4.69, 9.17) is 5.84 Å². The summed E-state index contributed by atoms with van der Waals surface area (Å²) in [5.41, 5.74) is 3.35. The van der Waals surface area contributed by atoms with Crippen molar-refractivity contribution in [2.24, 2.45) is 5.84 Å². The number of thiophene rings is 1. The van der Waals surface area contributed by atoms with Crippen LogP contribution in [0.4, 0.5) is 0 Å². The maximum atomic E-state index is 11.2. The van der Waals surface area contributed by atoms with E-state index in [2.05, 4.69) is 5.43 Å². The van der Waals surface area contributed by atoms with Gasteiger partial charge >= 0.3 is 0 Å². The van der Waals surface area contributed by atoms with Crippen LogP contribution in [-0.4, -0.2) is 12.2 Å². The molecule has 0 aliphatic rings. The molecule has 1 rings (SSSR count). The zero-order valence-corrected chi connectivity index (χ0v) is 9.22. The Labute approximate surface area is 85.7 Å². The van der Waals surface area contributed by atoms with Crippen LogP contribution in [0.15, 0.2) is 6.07 Å². The van der Waals surface area contributed by atoms with Gasteiger partial charge < -0.3 is 0 Å². The minimum absolute atomic E-state index is 0.208. The summed E-state index contributed by atoms with van der Waals surface area (Å²) in [6.45, 7) is 2.02. The van der Waals surface area contributed by atoms with Gasteiger partial charge in [-0.1, -0.05) is 0 Å². The van der Waals surface area contributed by atoms with E-state index in [-0.39, 0.29) is 5.91 Å². The van der Waals surface area contributed by atoms with Crippen LogP contribution in [0, 0.1) is 6.92 Å². The highest BCUT2D eigenvalue weighted by Gasteiger charge is 2.10. The molecule has 0 unspecified atom stereocenters. The van der Waals surface area contributed by atoms with Crippen LogP contribution in [0.2, 0.25) is 0 Å². The van der Waals surface area contributed by atoms with Gasteiger partial charge in [-0.05, 0) is 24.8 Å². The normalized spacial score (nSPS) is 10.1. The number of thioether (sulfide) groups is 1. The van der Waals surface area contributed by atoms with Gasteiger partial charge in [0.2, 0.25) is 0 Å². The fourth-order valence-electron chi connectivity index (χ4n) is 1.00. The smallest absolute Gasteiger partial charge is 0.275 e. The van der Waals surface area contributed by atoms with E-state index in [1.165, 1.54) is 21.8 Å². The Kier molecular flexibility index (Phi) is 3.77. The Hall–Kier alpha value is -0.520. The van der Waals surface area contributed by atoms with Crippen LogP contribution < -0.4 is 11.3 Å². The van der Waals surface area contributed by atoms with Gasteiger partial charge in [-0.25, -0.2) is 5.84 Å². The van der Waals surface area contributed by atoms with Crippen LogP contribution in [0.3, 0.4) is 0 Å². The van der Waals surface area contributed by atoms with Gasteiger partial charge in [0.05, 0.1) is 4.88 Å². The third-order valence-corrected chi connectivity index (χ3v) is 3.37. The maximum Gasteiger partial charge on any atom is 0.275 e. The molecule has 0 atom stereocenters. The number of aryl methyl sites for hydroxylation is 1. The third kappa shape index (κ3) is 2.46. The summed E-state index contributed by atoms with van der Waals surface area (Å²) in [7, 11) is 0. The van der Waals surface area contributed by atoms with Crippen molar-refractivity contribution in [3.63, 3.8) is 0 Å². The maximum absolute atomic E-state index is 11.2. The van der Waals surface area contributed by atoms with Gasteiger partial charge in [0.25, 0.3) is 5.91 Å². The Morgan fingerprint density at radius 3 is 3.00 bits per heavy atom. The Bertz CT molecular complexity index is 309. The van der Waals surface area contributed by atoms with Crippen LogP contribution in [0.5, 0.6) is 0 Å². The first-order chi connectivity index (χ1) is 6.19. The summed E-state index contributed by atoms with van der Waals surface area (Å²) >= 11 is 3.23. The molecule has 3 nitrogen and oxygen atoms in total. The largest absolute Gasteiger partial charge is 0.289 e. The monoisotopic (exact) mass is 216 g/mol. The number of rotatable bonds is 3. The van der Waals surface area contributed by atoms with Crippen LogP contribution in [0.25, 0.3) is 0 Å². The second-order valence-electron chi connectivity index (χ2n) is 2.60. The molecular formula is C8H12N2OS2. The molecule has 0 bridgehead atoms. The van der Waals surface area contributed by atoms with Crippen LogP contribution in [-0.2, 0) is 5.75 Å². The standard InChI is InChI=1S/C8H12N2OS2/c1-5-6(4-12-2)3-7(13-5)8(11)10-9/h3H,4,9H2,1-2H3,(H,10,11). The van der Waals surface area contributed by atoms with E-state index in [1.807, 2.05) is 19.2 Å². The molecule has 1 aromatic rings. The predicted molar refractivity (Wildman–Crippen MR) is 57.9 cm³/mol. The number of nitrogens with two attached hydrogens (primary N) is 1. The third-order valence-electron chi connectivity index (χ3n) is 1.68. The topological polar surface area (TPSA) is 55.1 Å². The summed E-state index contributed by atoms with van der Waals surface area (Å²) in [5.74, 6) is 5.78. The number of hydrogen-bond donors (Lipinski definition) is 2. The molecule has 0 saturated heterocycles. The molecule has 5 heteroatoms. The van der Waals surface area contributed by atoms with Crippen molar-refractivity contribution in [2.75, 3.05) is 6.26 Å². The predicted octanol–water partition coefficient (Wildman–Crippen LogP) is 1.52. The van der Waals surface area contributed by atoms with E-state index < -0.39 is 0 Å². The summed E-state index contributed by atoms with van der Waals surface area (Å²) in [4.78, 5) is 13.0. The van der Waals surface area contributed by atoms with E-state index in [9.17, 15) is 4.79 Å². The number of amides is 1. The average molecular weight is 216 g/mol. The molecule has 72 valence electrons. The quantitative estimate of drug-likeness (QED) is 0.457. The van der Waals surface area contributed by atoms with Gasteiger partial charge in [0.1, 0.15) is 0 Å². The van der Waals surface area contributed by atoms with Crippen LogP contribution in [0.1, 0.15) is 20.1 Å². The number of carbonyl (C=O) groups excluding carboxylic acids is 1. The lowest BCUT2D eigenvalue weighted by Gasteiger charge is -1.93. The second-order valence-corrected chi connectivity index (χ2v) is 4.72. The molecule has 1 heterocycles. The van der Waals surface area contributed by atoms with Crippen molar-refractivity contribution >= 4 is 29.0 Å². The fourth-order valence-corrected chi connectivity index (χ4v) is 2.65. The number of nitrogen functional groups attached to an aromatic ring is 1. The molecule has 0 aliphatic heterocycles. The zero-order chi connectivity index (χ0) is 9.84. The number of carbonyl (C=O) groups is 1. The van der Waals surface area contributed by atoms with Crippen molar-refractivity contribution in [3.8, 4) is 0 Å². The highest BCUT2D eigenvalue weighted by Crippen LogP contribution is 2.24. The molecule has 0 saturated carbocycles. The van der Waals surface area contributed by atoms with Crippen molar-refractivity contribution < 1.29 is 4.79 Å². The lowest BCUT2D eigenvalue weighted by Crippen LogP contribution is -2.29. The first-order valence-electron chi connectivity index (χ1n) is 3.78.